The average molecular weight is 284 g/mol. The third-order valence-electron chi connectivity index (χ3n) is 3.46. The summed E-state index contributed by atoms with van der Waals surface area (Å²) >= 11 is 0. The monoisotopic (exact) mass is 284 g/mol. The molecule has 19 heavy (non-hydrogen) atoms. The molecule has 1 aliphatic rings. The first-order valence-corrected chi connectivity index (χ1v) is 7.59. The van der Waals surface area contributed by atoms with Crippen molar-refractivity contribution >= 4 is 13.4 Å². The van der Waals surface area contributed by atoms with Crippen molar-refractivity contribution in [1.29, 1.82) is 0 Å². The summed E-state index contributed by atoms with van der Waals surface area (Å²) in [5, 5.41) is 0. The van der Waals surface area contributed by atoms with Crippen LogP contribution in [0, 0.1) is 0 Å². The van der Waals surface area contributed by atoms with Gasteiger partial charge in [0.1, 0.15) is 11.4 Å². The maximum atomic E-state index is 12.5. The Hall–Kier alpha value is -1.16. The molecule has 0 aliphatic heterocycles. The SMILES string of the molecule is COc1ccc2c(c1)C(=O)C(P(=O)(OC)OC)CC2. The van der Waals surface area contributed by atoms with E-state index < -0.39 is 13.3 Å². The molecule has 2 rings (SSSR count). The molecule has 0 fully saturated rings. The minimum absolute atomic E-state index is 0.202. The normalized spacial score (nSPS) is 19.1. The van der Waals surface area contributed by atoms with Crippen LogP contribution in [0.2, 0.25) is 0 Å². The molecular weight excluding hydrogens is 267 g/mol. The molecule has 0 radical (unpaired) electrons. The van der Waals surface area contributed by atoms with E-state index >= 15 is 0 Å². The van der Waals surface area contributed by atoms with Gasteiger partial charge in [0, 0.05) is 19.8 Å². The molecule has 104 valence electrons. The third-order valence-corrected chi connectivity index (χ3v) is 5.74. The molecule has 6 heteroatoms. The number of ether oxygens (including phenoxy) is 1. The maximum Gasteiger partial charge on any atom is 0.340 e. The Balaban J connectivity index is 2.41. The second-order valence-electron chi connectivity index (χ2n) is 4.35. The van der Waals surface area contributed by atoms with E-state index in [9.17, 15) is 9.36 Å². The fourth-order valence-corrected chi connectivity index (χ4v) is 3.89. The predicted octanol–water partition coefficient (Wildman–Crippen LogP) is 2.68. The zero-order chi connectivity index (χ0) is 14.0. The van der Waals surface area contributed by atoms with Crippen LogP contribution in [-0.4, -0.2) is 32.8 Å². The minimum Gasteiger partial charge on any atom is -0.497 e. The van der Waals surface area contributed by atoms with Gasteiger partial charge < -0.3 is 13.8 Å². The highest BCUT2D eigenvalue weighted by atomic mass is 31.2. The number of ketones is 1. The van der Waals surface area contributed by atoms with Crippen LogP contribution in [0.4, 0.5) is 0 Å². The first-order valence-electron chi connectivity index (χ1n) is 5.98. The number of hydrogen-bond acceptors (Lipinski definition) is 5. The molecule has 0 saturated heterocycles. The highest BCUT2D eigenvalue weighted by Gasteiger charge is 2.42. The molecule has 0 spiro atoms. The summed E-state index contributed by atoms with van der Waals surface area (Å²) < 4.78 is 27.4. The van der Waals surface area contributed by atoms with E-state index in [1.54, 1.807) is 13.2 Å². The molecule has 5 nitrogen and oxygen atoms in total. The van der Waals surface area contributed by atoms with Gasteiger partial charge in [0.25, 0.3) is 0 Å². The smallest absolute Gasteiger partial charge is 0.340 e. The zero-order valence-corrected chi connectivity index (χ0v) is 12.1. The lowest BCUT2D eigenvalue weighted by Gasteiger charge is -2.27. The van der Waals surface area contributed by atoms with Crippen LogP contribution >= 0.6 is 7.60 Å². The van der Waals surface area contributed by atoms with E-state index in [0.29, 0.717) is 24.2 Å². The molecule has 1 aliphatic carbocycles. The Morgan fingerprint density at radius 1 is 1.21 bits per heavy atom. The summed E-state index contributed by atoms with van der Waals surface area (Å²) in [5.74, 6) is 0.407. The van der Waals surface area contributed by atoms with E-state index in [1.807, 2.05) is 12.1 Å². The van der Waals surface area contributed by atoms with Crippen LogP contribution in [0.3, 0.4) is 0 Å². The van der Waals surface area contributed by atoms with E-state index in [4.69, 9.17) is 13.8 Å². The van der Waals surface area contributed by atoms with Gasteiger partial charge in [0.05, 0.1) is 7.11 Å². The molecule has 1 atom stereocenters. The number of methoxy groups -OCH3 is 1. The number of rotatable bonds is 4. The van der Waals surface area contributed by atoms with Gasteiger partial charge in [-0.15, -0.1) is 0 Å². The molecule has 0 N–H and O–H groups in total. The Morgan fingerprint density at radius 2 is 1.89 bits per heavy atom. The van der Waals surface area contributed by atoms with E-state index in [0.717, 1.165) is 5.56 Å². The molecule has 1 aromatic carbocycles. The van der Waals surface area contributed by atoms with Crippen LogP contribution in [0.15, 0.2) is 18.2 Å². The molecule has 0 aromatic heterocycles. The summed E-state index contributed by atoms with van der Waals surface area (Å²) in [6.45, 7) is 0. The minimum atomic E-state index is -3.38. The van der Waals surface area contributed by atoms with E-state index in [2.05, 4.69) is 0 Å². The standard InChI is InChI=1S/C13H17O5P/c1-16-10-6-4-9-5-7-12(13(14)11(9)8-10)19(15,17-2)18-3/h4,6,8,12H,5,7H2,1-3H3. The van der Waals surface area contributed by atoms with Gasteiger partial charge in [0.2, 0.25) is 0 Å². The van der Waals surface area contributed by atoms with Gasteiger partial charge in [-0.3, -0.25) is 9.36 Å². The van der Waals surface area contributed by atoms with Crippen molar-refractivity contribution in [2.75, 3.05) is 21.3 Å². The highest BCUT2D eigenvalue weighted by Crippen LogP contribution is 2.55. The number of carbonyl (C=O) groups excluding carboxylic acids is 1. The summed E-state index contributed by atoms with van der Waals surface area (Å²) in [6.07, 6.45) is 1.14. The molecule has 0 saturated carbocycles. The highest BCUT2D eigenvalue weighted by molar-refractivity contribution is 7.55. The number of carbonyl (C=O) groups is 1. The topological polar surface area (TPSA) is 61.8 Å². The first-order chi connectivity index (χ1) is 9.05. The number of aryl methyl sites for hydroxylation is 1. The first kappa shape index (κ1) is 14.3. The van der Waals surface area contributed by atoms with E-state index in [-0.39, 0.29) is 5.78 Å². The molecular formula is C13H17O5P. The largest absolute Gasteiger partial charge is 0.497 e. The van der Waals surface area contributed by atoms with Crippen molar-refractivity contribution in [2.45, 2.75) is 18.5 Å². The maximum absolute atomic E-state index is 12.5. The van der Waals surface area contributed by atoms with Crippen molar-refractivity contribution in [3.8, 4) is 5.75 Å². The summed E-state index contributed by atoms with van der Waals surface area (Å²) in [7, 11) is 0.770. The number of benzene rings is 1. The summed E-state index contributed by atoms with van der Waals surface area (Å²) in [4.78, 5) is 12.5. The van der Waals surface area contributed by atoms with E-state index in [1.165, 1.54) is 14.2 Å². The van der Waals surface area contributed by atoms with Crippen LogP contribution in [-0.2, 0) is 20.0 Å². The molecule has 0 heterocycles. The Bertz CT molecular complexity index is 532. The van der Waals surface area contributed by atoms with Crippen LogP contribution < -0.4 is 4.74 Å². The van der Waals surface area contributed by atoms with Gasteiger partial charge in [0.15, 0.2) is 5.78 Å². The number of Topliss-reactive ketones (excluding diaryl/α,β-unsaturated/α-hetero) is 1. The van der Waals surface area contributed by atoms with Gasteiger partial charge in [-0.1, -0.05) is 6.07 Å². The number of hydrogen-bond donors (Lipinski definition) is 0. The fourth-order valence-electron chi connectivity index (χ4n) is 2.36. The van der Waals surface area contributed by atoms with Gasteiger partial charge >= 0.3 is 7.60 Å². The molecule has 1 unspecified atom stereocenters. The quantitative estimate of drug-likeness (QED) is 0.795. The van der Waals surface area contributed by atoms with Crippen molar-refractivity contribution in [3.05, 3.63) is 29.3 Å². The van der Waals surface area contributed by atoms with Crippen molar-refractivity contribution in [3.63, 3.8) is 0 Å². The number of fused-ring (bicyclic) bond motifs is 1. The Labute approximate surface area is 112 Å². The van der Waals surface area contributed by atoms with Crippen molar-refractivity contribution in [1.82, 2.24) is 0 Å². The van der Waals surface area contributed by atoms with Crippen LogP contribution in [0.25, 0.3) is 0 Å². The fraction of sp³-hybridized carbons (Fsp3) is 0.462. The second kappa shape index (κ2) is 5.45. The second-order valence-corrected chi connectivity index (χ2v) is 6.78. The third kappa shape index (κ3) is 2.46. The summed E-state index contributed by atoms with van der Waals surface area (Å²) in [5.41, 5.74) is 0.757. The van der Waals surface area contributed by atoms with Gasteiger partial charge in [-0.25, -0.2) is 0 Å². The lowest BCUT2D eigenvalue weighted by Crippen LogP contribution is -2.28. The lowest BCUT2D eigenvalue weighted by atomic mass is 9.90. The molecule has 0 amide bonds. The molecule has 1 aromatic rings. The van der Waals surface area contributed by atoms with Crippen LogP contribution in [0.5, 0.6) is 5.75 Å². The Kier molecular flexibility index (Phi) is 4.09. The summed E-state index contributed by atoms with van der Waals surface area (Å²) in [6, 6.07) is 5.37. The Morgan fingerprint density at radius 3 is 2.47 bits per heavy atom. The average Bonchev–Trinajstić information content (AvgIpc) is 2.46. The van der Waals surface area contributed by atoms with Gasteiger partial charge in [-0.2, -0.15) is 0 Å². The van der Waals surface area contributed by atoms with Crippen molar-refractivity contribution < 1.29 is 23.1 Å². The predicted molar refractivity (Wildman–Crippen MR) is 71.1 cm³/mol. The van der Waals surface area contributed by atoms with Crippen LogP contribution in [0.1, 0.15) is 22.3 Å². The van der Waals surface area contributed by atoms with Gasteiger partial charge in [-0.05, 0) is 30.5 Å². The lowest BCUT2D eigenvalue weighted by molar-refractivity contribution is 0.0960. The van der Waals surface area contributed by atoms with Crippen molar-refractivity contribution in [2.24, 2.45) is 0 Å². The molecule has 0 bridgehead atoms. The zero-order valence-electron chi connectivity index (χ0n) is 11.2.